The Morgan fingerprint density at radius 2 is 1.90 bits per heavy atom. The minimum absolute atomic E-state index is 0.209. The van der Waals surface area contributed by atoms with Crippen LogP contribution in [0.15, 0.2) is 0 Å². The van der Waals surface area contributed by atoms with Crippen LogP contribution in [-0.4, -0.2) is 83.7 Å². The molecule has 0 bridgehead atoms. The highest BCUT2D eigenvalue weighted by Gasteiger charge is 2.30. The average molecular weight is 281 g/mol. The molecule has 5 nitrogen and oxygen atoms in total. The summed E-state index contributed by atoms with van der Waals surface area (Å²) in [6.07, 6.45) is 5.14. The van der Waals surface area contributed by atoms with Gasteiger partial charge >= 0.3 is 0 Å². The Labute approximate surface area is 121 Å². The normalized spacial score (nSPS) is 30.6. The quantitative estimate of drug-likeness (QED) is 0.779. The van der Waals surface area contributed by atoms with Crippen LogP contribution < -0.4 is 0 Å². The minimum Gasteiger partial charge on any atom is -0.390 e. The molecule has 5 heteroatoms. The smallest absolute Gasteiger partial charge is 0.222 e. The molecule has 3 saturated heterocycles. The molecule has 0 aromatic rings. The summed E-state index contributed by atoms with van der Waals surface area (Å²) >= 11 is 0. The van der Waals surface area contributed by atoms with E-state index in [4.69, 9.17) is 0 Å². The first-order chi connectivity index (χ1) is 9.72. The maximum Gasteiger partial charge on any atom is 0.222 e. The van der Waals surface area contributed by atoms with Crippen molar-refractivity contribution in [2.45, 2.75) is 44.2 Å². The van der Waals surface area contributed by atoms with Crippen LogP contribution in [0.3, 0.4) is 0 Å². The topological polar surface area (TPSA) is 47.0 Å². The number of hydrogen-bond acceptors (Lipinski definition) is 4. The van der Waals surface area contributed by atoms with Crippen molar-refractivity contribution in [2.75, 3.05) is 45.8 Å². The van der Waals surface area contributed by atoms with E-state index in [1.807, 2.05) is 4.90 Å². The molecular formula is C15H27N3O2. The summed E-state index contributed by atoms with van der Waals surface area (Å²) in [5, 5.41) is 10.2. The first kappa shape index (κ1) is 14.3. The highest BCUT2D eigenvalue weighted by molar-refractivity contribution is 5.78. The van der Waals surface area contributed by atoms with Gasteiger partial charge in [-0.25, -0.2) is 0 Å². The van der Waals surface area contributed by atoms with E-state index in [0.29, 0.717) is 25.6 Å². The molecule has 0 aromatic carbocycles. The molecule has 0 aromatic heterocycles. The molecule has 3 aliphatic rings. The molecule has 20 heavy (non-hydrogen) atoms. The van der Waals surface area contributed by atoms with Gasteiger partial charge in [-0.05, 0) is 45.3 Å². The molecule has 0 aliphatic carbocycles. The fourth-order valence-electron chi connectivity index (χ4n) is 3.89. The first-order valence-corrected chi connectivity index (χ1v) is 8.14. The molecule has 3 rings (SSSR count). The minimum atomic E-state index is -0.394. The number of hydrogen-bond donors (Lipinski definition) is 1. The lowest BCUT2D eigenvalue weighted by atomic mass is 10.2. The van der Waals surface area contributed by atoms with Crippen molar-refractivity contribution < 1.29 is 9.90 Å². The van der Waals surface area contributed by atoms with E-state index in [2.05, 4.69) is 9.80 Å². The molecule has 0 radical (unpaired) electrons. The van der Waals surface area contributed by atoms with Crippen molar-refractivity contribution in [1.82, 2.24) is 14.7 Å². The molecule has 0 saturated carbocycles. The molecular weight excluding hydrogens is 254 g/mol. The third-order valence-corrected chi connectivity index (χ3v) is 4.98. The van der Waals surface area contributed by atoms with Crippen LogP contribution in [0.5, 0.6) is 0 Å². The summed E-state index contributed by atoms with van der Waals surface area (Å²) in [6.45, 7) is 6.74. The fourth-order valence-corrected chi connectivity index (χ4v) is 3.89. The monoisotopic (exact) mass is 281 g/mol. The van der Waals surface area contributed by atoms with E-state index >= 15 is 0 Å². The van der Waals surface area contributed by atoms with Crippen molar-refractivity contribution in [3.8, 4) is 0 Å². The van der Waals surface area contributed by atoms with Crippen LogP contribution in [0.2, 0.25) is 0 Å². The second kappa shape index (κ2) is 6.41. The van der Waals surface area contributed by atoms with Gasteiger partial charge in [0.05, 0.1) is 6.10 Å². The number of carbonyl (C=O) groups is 1. The van der Waals surface area contributed by atoms with Crippen LogP contribution in [0.4, 0.5) is 0 Å². The number of nitrogens with zero attached hydrogens (tertiary/aromatic N) is 3. The van der Waals surface area contributed by atoms with Crippen LogP contribution in [-0.2, 0) is 4.79 Å². The summed E-state index contributed by atoms with van der Waals surface area (Å²) in [4.78, 5) is 18.4. The predicted octanol–water partition coefficient (Wildman–Crippen LogP) is 0.140. The molecule has 1 amide bonds. The SMILES string of the molecule is O=C1CCCN1CC(O)CN1CCC(N2CCCC2)C1. The van der Waals surface area contributed by atoms with Gasteiger partial charge in [0.15, 0.2) is 0 Å². The summed E-state index contributed by atoms with van der Waals surface area (Å²) in [7, 11) is 0. The number of rotatable bonds is 5. The van der Waals surface area contributed by atoms with Gasteiger partial charge in [-0.15, -0.1) is 0 Å². The van der Waals surface area contributed by atoms with Crippen molar-refractivity contribution in [3.05, 3.63) is 0 Å². The molecule has 0 spiro atoms. The van der Waals surface area contributed by atoms with Gasteiger partial charge in [0.2, 0.25) is 5.91 Å². The summed E-state index contributed by atoms with van der Waals surface area (Å²) in [5.41, 5.74) is 0. The van der Waals surface area contributed by atoms with E-state index in [-0.39, 0.29) is 5.91 Å². The number of likely N-dealkylation sites (tertiary alicyclic amines) is 3. The molecule has 3 heterocycles. The van der Waals surface area contributed by atoms with Gasteiger partial charge in [-0.2, -0.15) is 0 Å². The van der Waals surface area contributed by atoms with Crippen LogP contribution >= 0.6 is 0 Å². The molecule has 2 unspecified atom stereocenters. The number of aliphatic hydroxyl groups is 1. The lowest BCUT2D eigenvalue weighted by Gasteiger charge is -2.26. The highest BCUT2D eigenvalue weighted by atomic mass is 16.3. The van der Waals surface area contributed by atoms with E-state index in [0.717, 1.165) is 26.1 Å². The highest BCUT2D eigenvalue weighted by Crippen LogP contribution is 2.20. The lowest BCUT2D eigenvalue weighted by molar-refractivity contribution is -0.129. The molecule has 3 aliphatic heterocycles. The van der Waals surface area contributed by atoms with Gasteiger partial charge in [-0.3, -0.25) is 14.6 Å². The van der Waals surface area contributed by atoms with Crippen LogP contribution in [0, 0.1) is 0 Å². The van der Waals surface area contributed by atoms with Crippen LogP contribution in [0.25, 0.3) is 0 Å². The second-order valence-electron chi connectivity index (χ2n) is 6.54. The van der Waals surface area contributed by atoms with Crippen LogP contribution in [0.1, 0.15) is 32.1 Å². The zero-order chi connectivity index (χ0) is 13.9. The average Bonchev–Trinajstić information content (AvgIpc) is 3.12. The lowest BCUT2D eigenvalue weighted by Crippen LogP contribution is -2.41. The number of amides is 1. The maximum atomic E-state index is 11.6. The van der Waals surface area contributed by atoms with Gasteiger partial charge in [-0.1, -0.05) is 0 Å². The van der Waals surface area contributed by atoms with Gasteiger partial charge in [0.25, 0.3) is 0 Å². The Hall–Kier alpha value is -0.650. The second-order valence-corrected chi connectivity index (χ2v) is 6.54. The van der Waals surface area contributed by atoms with Crippen molar-refractivity contribution in [2.24, 2.45) is 0 Å². The van der Waals surface area contributed by atoms with Gasteiger partial charge in [0.1, 0.15) is 0 Å². The van der Waals surface area contributed by atoms with Crippen molar-refractivity contribution >= 4 is 5.91 Å². The third kappa shape index (κ3) is 3.32. The largest absolute Gasteiger partial charge is 0.390 e. The zero-order valence-electron chi connectivity index (χ0n) is 12.3. The maximum absolute atomic E-state index is 11.6. The summed E-state index contributed by atoms with van der Waals surface area (Å²) < 4.78 is 0. The summed E-state index contributed by atoms with van der Waals surface area (Å²) in [6, 6.07) is 0.693. The van der Waals surface area contributed by atoms with Gasteiger partial charge in [0, 0.05) is 38.6 Å². The predicted molar refractivity (Wildman–Crippen MR) is 77.5 cm³/mol. The van der Waals surface area contributed by atoms with E-state index in [9.17, 15) is 9.90 Å². The Kier molecular flexibility index (Phi) is 4.58. The molecule has 3 fully saturated rings. The van der Waals surface area contributed by atoms with Gasteiger partial charge < -0.3 is 10.0 Å². The molecule has 114 valence electrons. The zero-order valence-corrected chi connectivity index (χ0v) is 12.3. The Morgan fingerprint density at radius 3 is 2.60 bits per heavy atom. The standard InChI is InChI=1S/C15H27N3O2/c19-14(12-18-8-3-4-15(18)20)11-16-9-5-13(10-16)17-6-1-2-7-17/h13-14,19H,1-12H2. The molecule has 2 atom stereocenters. The van der Waals surface area contributed by atoms with E-state index < -0.39 is 6.10 Å². The molecule has 1 N–H and O–H groups in total. The number of β-amino-alcohol motifs (C(OH)–C–C–N with tert-alkyl or cyclic N) is 1. The Morgan fingerprint density at radius 1 is 1.10 bits per heavy atom. The van der Waals surface area contributed by atoms with E-state index in [1.54, 1.807) is 0 Å². The van der Waals surface area contributed by atoms with E-state index in [1.165, 1.54) is 32.4 Å². The Balaban J connectivity index is 1.40. The fraction of sp³-hybridized carbons (Fsp3) is 0.933. The Bertz CT molecular complexity index is 344. The van der Waals surface area contributed by atoms with Crippen molar-refractivity contribution in [3.63, 3.8) is 0 Å². The number of carbonyl (C=O) groups excluding carboxylic acids is 1. The van der Waals surface area contributed by atoms with Crippen molar-refractivity contribution in [1.29, 1.82) is 0 Å². The first-order valence-electron chi connectivity index (χ1n) is 8.14. The number of aliphatic hydroxyl groups excluding tert-OH is 1. The third-order valence-electron chi connectivity index (χ3n) is 4.98. The summed E-state index contributed by atoms with van der Waals surface area (Å²) in [5.74, 6) is 0.209.